The summed E-state index contributed by atoms with van der Waals surface area (Å²) in [5, 5.41) is 8.99. The van der Waals surface area contributed by atoms with Gasteiger partial charge < -0.3 is 4.98 Å². The lowest BCUT2D eigenvalue weighted by Crippen LogP contribution is -1.96. The molecule has 0 atom stereocenters. The number of fused-ring (bicyclic) bond motifs is 1. The fourth-order valence-electron chi connectivity index (χ4n) is 2.15. The largest absolute Gasteiger partial charge is 0.330 e. The summed E-state index contributed by atoms with van der Waals surface area (Å²) < 4.78 is 15.9. The Bertz CT molecular complexity index is 915. The molecule has 3 nitrogen and oxygen atoms in total. The Balaban J connectivity index is 2.35. The van der Waals surface area contributed by atoms with Crippen LogP contribution in [0.15, 0.2) is 36.4 Å². The van der Waals surface area contributed by atoms with Crippen molar-refractivity contribution in [3.05, 3.63) is 58.1 Å². The van der Waals surface area contributed by atoms with Crippen LogP contribution in [0.5, 0.6) is 0 Å². The van der Waals surface area contributed by atoms with Crippen LogP contribution in [0, 0.1) is 28.8 Å². The van der Waals surface area contributed by atoms with Gasteiger partial charge in [-0.1, -0.05) is 6.07 Å². The average Bonchev–Trinajstić information content (AvgIpc) is 2.77. The van der Waals surface area contributed by atoms with Gasteiger partial charge >= 0.3 is 0 Å². The van der Waals surface area contributed by atoms with E-state index in [1.165, 1.54) is 6.07 Å². The van der Waals surface area contributed by atoms with Crippen molar-refractivity contribution in [2.24, 2.45) is 0 Å². The Morgan fingerprint density at radius 3 is 2.75 bits per heavy atom. The predicted octanol–water partition coefficient (Wildman–Crippen LogP) is 4.01. The second kappa shape index (κ2) is 4.58. The van der Waals surface area contributed by atoms with Crippen LogP contribution in [-0.4, -0.2) is 9.55 Å². The highest BCUT2D eigenvalue weighted by molar-refractivity contribution is 7.71. The maximum absolute atomic E-state index is 13.7. The summed E-state index contributed by atoms with van der Waals surface area (Å²) in [7, 11) is 0. The quantitative estimate of drug-likeness (QED) is 0.686. The molecule has 0 saturated carbocycles. The van der Waals surface area contributed by atoms with Crippen LogP contribution in [0.1, 0.15) is 11.1 Å². The third kappa shape index (κ3) is 1.91. The van der Waals surface area contributed by atoms with Crippen molar-refractivity contribution in [1.82, 2.24) is 9.55 Å². The van der Waals surface area contributed by atoms with Crippen LogP contribution in [0.2, 0.25) is 0 Å². The number of hydrogen-bond acceptors (Lipinski definition) is 2. The fourth-order valence-corrected chi connectivity index (χ4v) is 2.46. The third-order valence-corrected chi connectivity index (χ3v) is 3.51. The van der Waals surface area contributed by atoms with Crippen LogP contribution in [0.4, 0.5) is 4.39 Å². The zero-order valence-corrected chi connectivity index (χ0v) is 11.5. The van der Waals surface area contributed by atoms with Crippen molar-refractivity contribution in [1.29, 1.82) is 5.26 Å². The second-order valence-electron chi connectivity index (χ2n) is 4.54. The molecule has 3 rings (SSSR count). The molecule has 1 aromatic heterocycles. The molecule has 0 fully saturated rings. The molecule has 98 valence electrons. The highest BCUT2D eigenvalue weighted by Gasteiger charge is 2.09. The van der Waals surface area contributed by atoms with Crippen LogP contribution in [0.3, 0.4) is 0 Å². The number of benzene rings is 2. The van der Waals surface area contributed by atoms with Crippen molar-refractivity contribution < 1.29 is 4.39 Å². The maximum atomic E-state index is 13.7. The molecule has 0 aliphatic carbocycles. The summed E-state index contributed by atoms with van der Waals surface area (Å²) >= 11 is 5.29. The van der Waals surface area contributed by atoms with Gasteiger partial charge in [-0.05, 0) is 55.0 Å². The highest BCUT2D eigenvalue weighted by Crippen LogP contribution is 2.22. The number of rotatable bonds is 1. The first kappa shape index (κ1) is 12.6. The Labute approximate surface area is 119 Å². The summed E-state index contributed by atoms with van der Waals surface area (Å²) in [5.41, 5.74) is 3.33. The van der Waals surface area contributed by atoms with Gasteiger partial charge in [-0.15, -0.1) is 0 Å². The standard InChI is InChI=1S/C15H10FN3S/c1-9-2-4-11(7-12(9)16)19-14-6-10(8-17)3-5-13(14)18-15(19)20/h2-7H,1H3,(H,18,20). The first-order chi connectivity index (χ1) is 9.60. The Morgan fingerprint density at radius 1 is 1.25 bits per heavy atom. The van der Waals surface area contributed by atoms with Gasteiger partial charge in [0.25, 0.3) is 0 Å². The van der Waals surface area contributed by atoms with Gasteiger partial charge in [0.05, 0.1) is 28.4 Å². The minimum absolute atomic E-state index is 0.282. The molecule has 0 aliphatic rings. The van der Waals surface area contributed by atoms with Gasteiger partial charge in [-0.3, -0.25) is 4.57 Å². The van der Waals surface area contributed by atoms with Gasteiger partial charge in [0.15, 0.2) is 4.77 Å². The monoisotopic (exact) mass is 283 g/mol. The fraction of sp³-hybridized carbons (Fsp3) is 0.0667. The third-order valence-electron chi connectivity index (χ3n) is 3.23. The number of imidazole rings is 1. The second-order valence-corrected chi connectivity index (χ2v) is 4.93. The number of aromatic amines is 1. The van der Waals surface area contributed by atoms with Crippen molar-refractivity contribution in [2.75, 3.05) is 0 Å². The van der Waals surface area contributed by atoms with Crippen LogP contribution < -0.4 is 0 Å². The van der Waals surface area contributed by atoms with E-state index in [-0.39, 0.29) is 5.82 Å². The van der Waals surface area contributed by atoms with E-state index < -0.39 is 0 Å². The van der Waals surface area contributed by atoms with Gasteiger partial charge in [0.2, 0.25) is 0 Å². The molecule has 0 spiro atoms. The minimum atomic E-state index is -0.282. The van der Waals surface area contributed by atoms with Gasteiger partial charge in [0.1, 0.15) is 5.82 Å². The summed E-state index contributed by atoms with van der Waals surface area (Å²) in [6, 6.07) is 12.3. The molecular formula is C15H10FN3S. The molecule has 20 heavy (non-hydrogen) atoms. The zero-order chi connectivity index (χ0) is 14.3. The van der Waals surface area contributed by atoms with Crippen LogP contribution in [-0.2, 0) is 0 Å². The maximum Gasteiger partial charge on any atom is 0.182 e. The predicted molar refractivity (Wildman–Crippen MR) is 77.9 cm³/mol. The van der Waals surface area contributed by atoms with Gasteiger partial charge in [-0.25, -0.2) is 4.39 Å². The molecule has 2 aromatic carbocycles. The zero-order valence-electron chi connectivity index (χ0n) is 10.6. The summed E-state index contributed by atoms with van der Waals surface area (Å²) in [5.74, 6) is -0.282. The number of hydrogen-bond donors (Lipinski definition) is 1. The van der Waals surface area contributed by atoms with Crippen LogP contribution >= 0.6 is 12.2 Å². The van der Waals surface area contributed by atoms with Gasteiger partial charge in [-0.2, -0.15) is 5.26 Å². The molecule has 0 aliphatic heterocycles. The van der Waals surface area contributed by atoms with E-state index in [1.807, 2.05) is 0 Å². The van der Waals surface area contributed by atoms with Crippen molar-refractivity contribution in [3.63, 3.8) is 0 Å². The normalized spacial score (nSPS) is 10.7. The molecular weight excluding hydrogens is 273 g/mol. The number of nitriles is 1. The van der Waals surface area contributed by atoms with Gasteiger partial charge in [0, 0.05) is 0 Å². The van der Waals surface area contributed by atoms with E-state index in [1.54, 1.807) is 41.8 Å². The average molecular weight is 283 g/mol. The summed E-state index contributed by atoms with van der Waals surface area (Å²) in [6.45, 7) is 1.71. The van der Waals surface area contributed by atoms with Crippen molar-refractivity contribution in [3.8, 4) is 11.8 Å². The van der Waals surface area contributed by atoms with E-state index in [0.717, 1.165) is 11.0 Å². The Kier molecular flexibility index (Phi) is 2.88. The highest BCUT2D eigenvalue weighted by atomic mass is 32.1. The summed E-state index contributed by atoms with van der Waals surface area (Å²) in [4.78, 5) is 3.06. The Morgan fingerprint density at radius 2 is 2.05 bits per heavy atom. The molecule has 0 unspecified atom stereocenters. The Hall–Kier alpha value is -2.45. The lowest BCUT2D eigenvalue weighted by atomic mass is 10.2. The van der Waals surface area contributed by atoms with E-state index >= 15 is 0 Å². The van der Waals surface area contributed by atoms with E-state index in [2.05, 4.69) is 11.1 Å². The lowest BCUT2D eigenvalue weighted by Gasteiger charge is -2.06. The smallest absolute Gasteiger partial charge is 0.182 e. The first-order valence-electron chi connectivity index (χ1n) is 6.01. The number of H-pyrrole nitrogens is 1. The molecule has 1 N–H and O–H groups in total. The SMILES string of the molecule is Cc1ccc(-n2c(=S)[nH]c3ccc(C#N)cc32)cc1F. The lowest BCUT2D eigenvalue weighted by molar-refractivity contribution is 0.617. The van der Waals surface area contributed by atoms with Crippen LogP contribution in [0.25, 0.3) is 16.7 Å². The number of aryl methyl sites for hydroxylation is 1. The van der Waals surface area contributed by atoms with Crippen molar-refractivity contribution in [2.45, 2.75) is 6.92 Å². The van der Waals surface area contributed by atoms with E-state index in [4.69, 9.17) is 17.5 Å². The molecule has 0 radical (unpaired) electrons. The molecule has 3 aromatic rings. The molecule has 0 amide bonds. The number of nitrogens with zero attached hydrogens (tertiary/aromatic N) is 2. The van der Waals surface area contributed by atoms with E-state index in [0.29, 0.717) is 21.6 Å². The molecule has 0 saturated heterocycles. The minimum Gasteiger partial charge on any atom is -0.330 e. The number of nitrogens with one attached hydrogen (secondary N) is 1. The number of aromatic nitrogens is 2. The molecule has 0 bridgehead atoms. The topological polar surface area (TPSA) is 44.5 Å². The first-order valence-corrected chi connectivity index (χ1v) is 6.42. The summed E-state index contributed by atoms with van der Waals surface area (Å²) in [6.07, 6.45) is 0. The van der Waals surface area contributed by atoms with E-state index in [9.17, 15) is 4.39 Å². The van der Waals surface area contributed by atoms with Crippen molar-refractivity contribution >= 4 is 23.3 Å². The molecule has 5 heteroatoms. The molecule has 1 heterocycles. The number of halogens is 1.